The number of fused-ring (bicyclic) bond motifs is 1. The Kier molecular flexibility index (Phi) is 3.28. The van der Waals surface area contributed by atoms with Crippen LogP contribution >= 0.6 is 11.3 Å². The zero-order valence-electron chi connectivity index (χ0n) is 10.3. The van der Waals surface area contributed by atoms with Crippen molar-refractivity contribution >= 4 is 17.1 Å². The largest absolute Gasteiger partial charge is 0.299 e. The number of rotatable bonds is 3. The van der Waals surface area contributed by atoms with Gasteiger partial charge in [0.1, 0.15) is 5.78 Å². The van der Waals surface area contributed by atoms with Crippen molar-refractivity contribution in [1.82, 2.24) is 0 Å². The number of thiophene rings is 1. The Bertz CT molecular complexity index is 542. The number of ketones is 1. The lowest BCUT2D eigenvalue weighted by atomic mass is 9.79. The van der Waals surface area contributed by atoms with E-state index in [0.29, 0.717) is 12.2 Å². The van der Waals surface area contributed by atoms with E-state index in [0.717, 1.165) is 24.8 Å². The van der Waals surface area contributed by atoms with Crippen LogP contribution in [0.1, 0.15) is 35.4 Å². The summed E-state index contributed by atoms with van der Waals surface area (Å²) in [5.41, 5.74) is 3.80. The fourth-order valence-corrected chi connectivity index (χ4v) is 3.47. The fraction of sp³-hybridized carbons (Fsp3) is 0.312. The topological polar surface area (TPSA) is 17.1 Å². The number of benzene rings is 1. The maximum Gasteiger partial charge on any atom is 0.144 e. The first-order chi connectivity index (χ1) is 8.84. The van der Waals surface area contributed by atoms with E-state index in [2.05, 4.69) is 35.7 Å². The van der Waals surface area contributed by atoms with Gasteiger partial charge in [0, 0.05) is 12.3 Å². The molecule has 3 rings (SSSR count). The first kappa shape index (κ1) is 11.7. The van der Waals surface area contributed by atoms with E-state index in [1.54, 1.807) is 11.3 Å². The van der Waals surface area contributed by atoms with Crippen LogP contribution in [-0.4, -0.2) is 5.78 Å². The minimum Gasteiger partial charge on any atom is -0.299 e. The number of aryl methyl sites for hydroxylation is 1. The minimum atomic E-state index is 0.120. The summed E-state index contributed by atoms with van der Waals surface area (Å²) < 4.78 is 0. The molecule has 2 aromatic rings. The van der Waals surface area contributed by atoms with E-state index in [9.17, 15) is 4.79 Å². The second-order valence-electron chi connectivity index (χ2n) is 4.92. The predicted octanol–water partition coefficient (Wildman–Crippen LogP) is 3.98. The van der Waals surface area contributed by atoms with E-state index in [4.69, 9.17) is 0 Å². The van der Waals surface area contributed by atoms with Crippen molar-refractivity contribution in [3.05, 3.63) is 57.8 Å². The Labute approximate surface area is 111 Å². The Morgan fingerprint density at radius 3 is 3.00 bits per heavy atom. The molecule has 0 N–H and O–H groups in total. The highest BCUT2D eigenvalue weighted by Gasteiger charge is 2.25. The van der Waals surface area contributed by atoms with Gasteiger partial charge in [-0.2, -0.15) is 11.3 Å². The lowest BCUT2D eigenvalue weighted by Gasteiger charge is -2.24. The van der Waals surface area contributed by atoms with E-state index in [-0.39, 0.29) is 5.92 Å². The van der Waals surface area contributed by atoms with Gasteiger partial charge >= 0.3 is 0 Å². The molecule has 2 heteroatoms. The molecule has 0 radical (unpaired) electrons. The van der Waals surface area contributed by atoms with Gasteiger partial charge in [-0.25, -0.2) is 0 Å². The SMILES string of the molecule is O=C(Cc1ccsc1)C1CCCc2ccccc21. The molecule has 0 amide bonds. The average molecular weight is 256 g/mol. The maximum absolute atomic E-state index is 12.4. The van der Waals surface area contributed by atoms with E-state index in [1.807, 2.05) is 5.38 Å². The molecule has 1 heterocycles. The van der Waals surface area contributed by atoms with Crippen LogP contribution in [0.4, 0.5) is 0 Å². The third-order valence-electron chi connectivity index (χ3n) is 3.72. The van der Waals surface area contributed by atoms with Gasteiger partial charge in [-0.05, 0) is 52.8 Å². The second-order valence-corrected chi connectivity index (χ2v) is 5.70. The molecule has 1 atom stereocenters. The van der Waals surface area contributed by atoms with Crippen LogP contribution in [0.25, 0.3) is 0 Å². The molecule has 0 aliphatic heterocycles. The first-order valence-corrected chi connectivity index (χ1v) is 7.40. The number of carbonyl (C=O) groups excluding carboxylic acids is 1. The fourth-order valence-electron chi connectivity index (χ4n) is 2.81. The lowest BCUT2D eigenvalue weighted by molar-refractivity contribution is -0.120. The molecule has 0 bridgehead atoms. The van der Waals surface area contributed by atoms with E-state index in [1.165, 1.54) is 11.1 Å². The van der Waals surface area contributed by atoms with Gasteiger partial charge in [-0.1, -0.05) is 24.3 Å². The van der Waals surface area contributed by atoms with Crippen LogP contribution in [-0.2, 0) is 17.6 Å². The summed E-state index contributed by atoms with van der Waals surface area (Å²) in [4.78, 5) is 12.4. The molecule has 18 heavy (non-hydrogen) atoms. The Morgan fingerprint density at radius 1 is 1.28 bits per heavy atom. The van der Waals surface area contributed by atoms with Crippen molar-refractivity contribution in [1.29, 1.82) is 0 Å². The molecule has 0 fully saturated rings. The van der Waals surface area contributed by atoms with E-state index < -0.39 is 0 Å². The standard InChI is InChI=1S/C16H16OS/c17-16(10-12-8-9-18-11-12)15-7-3-5-13-4-1-2-6-14(13)15/h1-2,4,6,8-9,11,15H,3,5,7,10H2. The summed E-state index contributed by atoms with van der Waals surface area (Å²) in [5.74, 6) is 0.496. The van der Waals surface area contributed by atoms with Crippen molar-refractivity contribution in [3.8, 4) is 0 Å². The molecule has 1 unspecified atom stereocenters. The molecule has 1 nitrogen and oxygen atoms in total. The normalized spacial score (nSPS) is 18.3. The Balaban J connectivity index is 1.83. The van der Waals surface area contributed by atoms with Gasteiger partial charge < -0.3 is 0 Å². The van der Waals surface area contributed by atoms with Crippen molar-refractivity contribution in [2.24, 2.45) is 0 Å². The van der Waals surface area contributed by atoms with Crippen molar-refractivity contribution in [3.63, 3.8) is 0 Å². The molecule has 0 spiro atoms. The maximum atomic E-state index is 12.4. The summed E-state index contributed by atoms with van der Waals surface area (Å²) in [6.45, 7) is 0. The summed E-state index contributed by atoms with van der Waals surface area (Å²) in [6, 6.07) is 10.5. The highest BCUT2D eigenvalue weighted by Crippen LogP contribution is 2.32. The summed E-state index contributed by atoms with van der Waals surface area (Å²) in [6.07, 6.45) is 3.86. The monoisotopic (exact) mass is 256 g/mol. The number of hydrogen-bond acceptors (Lipinski definition) is 2. The molecule has 0 saturated heterocycles. The third kappa shape index (κ3) is 2.25. The van der Waals surface area contributed by atoms with Crippen molar-refractivity contribution in [2.75, 3.05) is 0 Å². The summed E-state index contributed by atoms with van der Waals surface area (Å²) in [5, 5.41) is 4.12. The third-order valence-corrected chi connectivity index (χ3v) is 4.45. The van der Waals surface area contributed by atoms with Crippen LogP contribution in [0.15, 0.2) is 41.1 Å². The first-order valence-electron chi connectivity index (χ1n) is 6.46. The summed E-state index contributed by atoms with van der Waals surface area (Å²) in [7, 11) is 0. The molecule has 92 valence electrons. The van der Waals surface area contributed by atoms with Crippen molar-refractivity contribution < 1.29 is 4.79 Å². The van der Waals surface area contributed by atoms with Crippen LogP contribution in [0.2, 0.25) is 0 Å². The van der Waals surface area contributed by atoms with Crippen LogP contribution in [0.5, 0.6) is 0 Å². The molecule has 1 aromatic heterocycles. The van der Waals surface area contributed by atoms with Crippen molar-refractivity contribution in [2.45, 2.75) is 31.6 Å². The highest BCUT2D eigenvalue weighted by atomic mass is 32.1. The molecule has 1 aromatic carbocycles. The van der Waals surface area contributed by atoms with E-state index >= 15 is 0 Å². The molecule has 1 aliphatic carbocycles. The molecular weight excluding hydrogens is 240 g/mol. The van der Waals surface area contributed by atoms with Gasteiger partial charge in [0.25, 0.3) is 0 Å². The zero-order valence-corrected chi connectivity index (χ0v) is 11.1. The highest BCUT2D eigenvalue weighted by molar-refractivity contribution is 7.08. The zero-order chi connectivity index (χ0) is 12.4. The van der Waals surface area contributed by atoms with Crippen LogP contribution < -0.4 is 0 Å². The van der Waals surface area contributed by atoms with Gasteiger partial charge in [-0.3, -0.25) is 4.79 Å². The molecular formula is C16H16OS. The van der Waals surface area contributed by atoms with Crippen LogP contribution in [0.3, 0.4) is 0 Å². The average Bonchev–Trinajstić information content (AvgIpc) is 2.91. The number of Topliss-reactive ketones (excluding diaryl/α,β-unsaturated/α-hetero) is 1. The quantitative estimate of drug-likeness (QED) is 0.812. The molecule has 1 aliphatic rings. The number of carbonyl (C=O) groups is 1. The number of hydrogen-bond donors (Lipinski definition) is 0. The molecule has 0 saturated carbocycles. The van der Waals surface area contributed by atoms with Crippen LogP contribution in [0, 0.1) is 0 Å². The van der Waals surface area contributed by atoms with Gasteiger partial charge in [0.15, 0.2) is 0 Å². The van der Waals surface area contributed by atoms with Gasteiger partial charge in [-0.15, -0.1) is 0 Å². The summed E-state index contributed by atoms with van der Waals surface area (Å²) >= 11 is 1.66. The second kappa shape index (κ2) is 5.07. The minimum absolute atomic E-state index is 0.120. The Hall–Kier alpha value is -1.41. The lowest BCUT2D eigenvalue weighted by Crippen LogP contribution is -2.20. The van der Waals surface area contributed by atoms with Gasteiger partial charge in [0.2, 0.25) is 0 Å². The Morgan fingerprint density at radius 2 is 2.17 bits per heavy atom. The van der Waals surface area contributed by atoms with Gasteiger partial charge in [0.05, 0.1) is 0 Å². The smallest absolute Gasteiger partial charge is 0.144 e. The predicted molar refractivity (Wildman–Crippen MR) is 75.2 cm³/mol.